The van der Waals surface area contributed by atoms with Gasteiger partial charge in [0.05, 0.1) is 10.8 Å². The second-order valence-corrected chi connectivity index (χ2v) is 8.96. The molecule has 1 saturated heterocycles. The number of amides is 3. The number of benzene rings is 1. The maximum atomic E-state index is 12.8. The van der Waals surface area contributed by atoms with E-state index in [-0.39, 0.29) is 18.0 Å². The van der Waals surface area contributed by atoms with Crippen LogP contribution in [0, 0.1) is 5.92 Å². The van der Waals surface area contributed by atoms with Crippen molar-refractivity contribution < 1.29 is 27.5 Å². The molecular weight excluding hydrogens is 422 g/mol. The molecule has 0 saturated carbocycles. The number of imide groups is 1. The summed E-state index contributed by atoms with van der Waals surface area (Å²) in [5.74, 6) is -2.14. The fraction of sp³-hybridized carbons (Fsp3) is 0.500. The highest BCUT2D eigenvalue weighted by Gasteiger charge is 2.35. The van der Waals surface area contributed by atoms with Gasteiger partial charge in [0.15, 0.2) is 6.10 Å². The summed E-state index contributed by atoms with van der Waals surface area (Å²) in [6, 6.07) is 5.11. The van der Waals surface area contributed by atoms with E-state index in [0.717, 1.165) is 0 Å². The van der Waals surface area contributed by atoms with E-state index in [0.29, 0.717) is 24.4 Å². The first-order valence-electron chi connectivity index (χ1n) is 9.20. The maximum absolute atomic E-state index is 12.8. The Morgan fingerprint density at radius 1 is 1.28 bits per heavy atom. The molecule has 0 aromatic heterocycles. The number of hydrogen-bond donors (Lipinski definition) is 2. The molecule has 9 nitrogen and oxygen atoms in total. The third-order valence-corrected chi connectivity index (χ3v) is 6.54. The lowest BCUT2D eigenvalue weighted by Crippen LogP contribution is -2.46. The van der Waals surface area contributed by atoms with E-state index >= 15 is 0 Å². The number of rotatable bonds is 6. The largest absolute Gasteiger partial charge is 0.452 e. The Kier molecular flexibility index (Phi) is 8.00. The van der Waals surface area contributed by atoms with Crippen LogP contribution in [0.2, 0.25) is 5.02 Å². The summed E-state index contributed by atoms with van der Waals surface area (Å²) in [4.78, 5) is 35.8. The molecule has 0 bridgehead atoms. The summed E-state index contributed by atoms with van der Waals surface area (Å²) in [7, 11) is -3.78. The van der Waals surface area contributed by atoms with Gasteiger partial charge in [0, 0.05) is 24.7 Å². The smallest absolute Gasteiger partial charge is 0.321 e. The van der Waals surface area contributed by atoms with Crippen LogP contribution in [0.5, 0.6) is 0 Å². The molecule has 1 aliphatic rings. The predicted octanol–water partition coefficient (Wildman–Crippen LogP) is 1.52. The SMILES string of the molecule is CCNC(=O)NC(=O)C(C)OC(=O)C1CCCN(S(=O)(=O)c2ccc(Cl)cc2)C1. The Morgan fingerprint density at radius 3 is 2.55 bits per heavy atom. The molecule has 1 aromatic carbocycles. The summed E-state index contributed by atoms with van der Waals surface area (Å²) in [6.07, 6.45) is -0.268. The van der Waals surface area contributed by atoms with Gasteiger partial charge in [0.1, 0.15) is 0 Å². The number of halogens is 1. The number of carbonyl (C=O) groups is 3. The van der Waals surface area contributed by atoms with Crippen molar-refractivity contribution in [2.24, 2.45) is 5.92 Å². The minimum absolute atomic E-state index is 0.0472. The van der Waals surface area contributed by atoms with Crippen LogP contribution < -0.4 is 10.6 Å². The highest BCUT2D eigenvalue weighted by atomic mass is 35.5. The number of sulfonamides is 1. The summed E-state index contributed by atoms with van der Waals surface area (Å²) >= 11 is 5.81. The number of nitrogens with one attached hydrogen (secondary N) is 2. The van der Waals surface area contributed by atoms with E-state index in [1.807, 2.05) is 0 Å². The molecule has 29 heavy (non-hydrogen) atoms. The highest BCUT2D eigenvalue weighted by Crippen LogP contribution is 2.25. The van der Waals surface area contributed by atoms with Crippen molar-refractivity contribution in [2.75, 3.05) is 19.6 Å². The molecule has 2 N–H and O–H groups in total. The van der Waals surface area contributed by atoms with Crippen LogP contribution >= 0.6 is 11.6 Å². The molecule has 0 spiro atoms. The summed E-state index contributed by atoms with van der Waals surface area (Å²) in [5, 5.41) is 4.88. The lowest BCUT2D eigenvalue weighted by molar-refractivity contribution is -0.159. The number of urea groups is 1. The maximum Gasteiger partial charge on any atom is 0.321 e. The molecule has 160 valence electrons. The van der Waals surface area contributed by atoms with E-state index in [4.69, 9.17) is 16.3 Å². The predicted molar refractivity (Wildman–Crippen MR) is 106 cm³/mol. The fourth-order valence-electron chi connectivity index (χ4n) is 2.85. The second-order valence-electron chi connectivity index (χ2n) is 6.58. The summed E-state index contributed by atoms with van der Waals surface area (Å²) in [6.45, 7) is 3.61. The van der Waals surface area contributed by atoms with Gasteiger partial charge in [-0.15, -0.1) is 0 Å². The summed E-state index contributed by atoms with van der Waals surface area (Å²) in [5.41, 5.74) is 0. The zero-order chi connectivity index (χ0) is 21.6. The monoisotopic (exact) mass is 445 g/mol. The van der Waals surface area contributed by atoms with Gasteiger partial charge in [0.25, 0.3) is 5.91 Å². The molecule has 2 unspecified atom stereocenters. The molecule has 2 atom stereocenters. The average molecular weight is 446 g/mol. The molecule has 11 heteroatoms. The van der Waals surface area contributed by atoms with Crippen molar-refractivity contribution in [3.8, 4) is 0 Å². The number of carbonyl (C=O) groups excluding carboxylic acids is 3. The fourth-order valence-corrected chi connectivity index (χ4v) is 4.50. The van der Waals surface area contributed by atoms with Crippen LogP contribution in [-0.4, -0.2) is 56.4 Å². The number of ether oxygens (including phenoxy) is 1. The summed E-state index contributed by atoms with van der Waals surface area (Å²) < 4.78 is 32.0. The molecular formula is C18H24ClN3O6S. The highest BCUT2D eigenvalue weighted by molar-refractivity contribution is 7.89. The van der Waals surface area contributed by atoms with Gasteiger partial charge >= 0.3 is 12.0 Å². The van der Waals surface area contributed by atoms with Gasteiger partial charge in [-0.2, -0.15) is 4.31 Å². The quantitative estimate of drug-likeness (QED) is 0.640. The molecule has 1 fully saturated rings. The zero-order valence-electron chi connectivity index (χ0n) is 16.2. The van der Waals surface area contributed by atoms with Crippen molar-refractivity contribution in [2.45, 2.75) is 37.7 Å². The van der Waals surface area contributed by atoms with Gasteiger partial charge in [-0.1, -0.05) is 11.6 Å². The molecule has 1 heterocycles. The van der Waals surface area contributed by atoms with Crippen molar-refractivity contribution in [3.05, 3.63) is 29.3 Å². The number of hydrogen-bond acceptors (Lipinski definition) is 6. The normalized spacial score (nSPS) is 18.5. The lowest BCUT2D eigenvalue weighted by Gasteiger charge is -2.31. The Hall–Kier alpha value is -2.17. The van der Waals surface area contributed by atoms with Crippen LogP contribution in [-0.2, 0) is 24.3 Å². The first-order chi connectivity index (χ1) is 13.6. The van der Waals surface area contributed by atoms with Gasteiger partial charge in [-0.05, 0) is 51.0 Å². The van der Waals surface area contributed by atoms with E-state index in [2.05, 4.69) is 10.6 Å². The van der Waals surface area contributed by atoms with Crippen molar-refractivity contribution in [3.63, 3.8) is 0 Å². The number of nitrogens with zero attached hydrogens (tertiary/aromatic N) is 1. The first-order valence-corrected chi connectivity index (χ1v) is 11.0. The van der Waals surface area contributed by atoms with Crippen LogP contribution in [0.4, 0.5) is 4.79 Å². The average Bonchev–Trinajstić information content (AvgIpc) is 2.68. The van der Waals surface area contributed by atoms with E-state index in [1.165, 1.54) is 35.5 Å². The Labute approximate surface area is 174 Å². The molecule has 0 aliphatic carbocycles. The Morgan fingerprint density at radius 2 is 1.93 bits per heavy atom. The molecule has 1 aliphatic heterocycles. The molecule has 2 rings (SSSR count). The van der Waals surface area contributed by atoms with Gasteiger partial charge in [-0.25, -0.2) is 13.2 Å². The topological polar surface area (TPSA) is 122 Å². The van der Waals surface area contributed by atoms with Crippen LogP contribution in [0.25, 0.3) is 0 Å². The Balaban J connectivity index is 1.99. The second kappa shape index (κ2) is 10.0. The number of piperidine rings is 1. The zero-order valence-corrected chi connectivity index (χ0v) is 17.8. The van der Waals surface area contributed by atoms with E-state index < -0.39 is 40.0 Å². The van der Waals surface area contributed by atoms with Gasteiger partial charge in [0.2, 0.25) is 10.0 Å². The standard InChI is InChI=1S/C18H24ClN3O6S/c1-3-20-18(25)21-16(23)12(2)28-17(24)13-5-4-10-22(11-13)29(26,27)15-8-6-14(19)7-9-15/h6-9,12-13H,3-5,10-11H2,1-2H3,(H2,20,21,23,25). The van der Waals surface area contributed by atoms with E-state index in [1.54, 1.807) is 6.92 Å². The van der Waals surface area contributed by atoms with Crippen LogP contribution in [0.15, 0.2) is 29.2 Å². The van der Waals surface area contributed by atoms with Crippen LogP contribution in [0.1, 0.15) is 26.7 Å². The van der Waals surface area contributed by atoms with Gasteiger partial charge < -0.3 is 10.1 Å². The third kappa shape index (κ3) is 6.15. The van der Waals surface area contributed by atoms with Crippen molar-refractivity contribution >= 4 is 39.5 Å². The van der Waals surface area contributed by atoms with E-state index in [9.17, 15) is 22.8 Å². The van der Waals surface area contributed by atoms with Crippen molar-refractivity contribution in [1.82, 2.24) is 14.9 Å². The van der Waals surface area contributed by atoms with Crippen molar-refractivity contribution in [1.29, 1.82) is 0 Å². The lowest BCUT2D eigenvalue weighted by atomic mass is 10.00. The third-order valence-electron chi connectivity index (χ3n) is 4.41. The Bertz CT molecular complexity index is 859. The minimum Gasteiger partial charge on any atom is -0.452 e. The first kappa shape index (κ1) is 23.1. The van der Waals surface area contributed by atoms with Crippen LogP contribution in [0.3, 0.4) is 0 Å². The molecule has 0 radical (unpaired) electrons. The number of esters is 1. The molecule has 1 aromatic rings. The molecule has 3 amide bonds. The minimum atomic E-state index is -3.78. The van der Waals surface area contributed by atoms with Gasteiger partial charge in [-0.3, -0.25) is 14.9 Å².